The molecule has 748 valence electrons. The van der Waals surface area contributed by atoms with Crippen molar-refractivity contribution in [3.05, 3.63) is 0 Å². The maximum absolute atomic E-state index is 10.1. The third-order valence-corrected chi connectivity index (χ3v) is 52.8. The molecule has 0 saturated heterocycles. The van der Waals surface area contributed by atoms with Crippen molar-refractivity contribution in [2.45, 2.75) is 131 Å². The van der Waals surface area contributed by atoms with Gasteiger partial charge in [-0.25, -0.2) is 0 Å². The summed E-state index contributed by atoms with van der Waals surface area (Å²) in [4.78, 5) is 443. The molecule has 0 heterocycles. The number of hydrogen-bond donors (Lipinski definition) is 11. The molecule has 107 heteroatoms. The molecule has 0 bridgehead atoms. The van der Waals surface area contributed by atoms with Crippen LogP contribution in [-0.4, -0.2) is 151 Å². The first kappa shape index (κ1) is 183. The van der Waals surface area contributed by atoms with Crippen molar-refractivity contribution < 1.29 is 396 Å². The maximum atomic E-state index is 10.1. The molecule has 0 aromatic carbocycles. The smallest absolute Gasteiger partial charge is 0.809 e. The molecule has 0 saturated carbocycles. The summed E-state index contributed by atoms with van der Waals surface area (Å²) in [5.74, 6) is 0. The van der Waals surface area contributed by atoms with Crippen molar-refractivity contribution in [1.82, 2.24) is 0 Å². The molecule has 0 aromatic heterocycles. The van der Waals surface area contributed by atoms with Gasteiger partial charge in [-0.2, -0.15) is 0 Å². The molecule has 0 amide bonds. The van der Waals surface area contributed by atoms with E-state index in [1.807, 2.05) is 0 Å². The Morgan fingerprint density at radius 2 is 0.124 bits per heavy atom. The largest absolute Gasteiger partial charge is 7.00 e. The maximum Gasteiger partial charge on any atom is 7.00 e. The van der Waals surface area contributed by atoms with Crippen molar-refractivity contribution in [1.29, 1.82) is 0 Å². The van der Waals surface area contributed by atoms with E-state index in [0.29, 0.717) is 76.2 Å². The van der Waals surface area contributed by atoms with Crippen LogP contribution in [0.2, 0.25) is 0 Å². The predicted molar refractivity (Wildman–Crippen MR) is 329 cm³/mol. The Hall–Kier alpha value is 8.65. The van der Waals surface area contributed by atoms with Crippen LogP contribution in [0.5, 0.6) is 0 Å². The Morgan fingerprint density at radius 3 is 0.124 bits per heavy atom. The van der Waals surface area contributed by atoms with Crippen molar-refractivity contribution >= 4 is 263 Å². The number of hydrogen-bond acceptors (Lipinski definition) is 77. The van der Waals surface area contributed by atoms with Crippen LogP contribution >= 0.6 is 167 Å². The van der Waals surface area contributed by atoms with Crippen LogP contribution in [0.1, 0.15) is 76.2 Å². The van der Waals surface area contributed by atoms with Gasteiger partial charge in [0.25, 0.3) is 0 Å². The van der Waals surface area contributed by atoms with E-state index in [0.717, 1.165) is 0 Å². The molecule has 77 nitrogen and oxygen atoms in total. The average molecular weight is 3080 g/mol. The van der Waals surface area contributed by atoms with Crippen molar-refractivity contribution in [2.24, 2.45) is 63.1 Å². The van der Waals surface area contributed by atoms with Gasteiger partial charge in [0.15, 0.2) is 0 Å². The summed E-state index contributed by atoms with van der Waals surface area (Å²) < 4.78 is 222. The molecule has 0 atom stereocenters. The van der Waals surface area contributed by atoms with Crippen LogP contribution in [0.4, 0.5) is 0 Å². The summed E-state index contributed by atoms with van der Waals surface area (Å²) in [6.07, 6.45) is 0. The van der Waals surface area contributed by atoms with E-state index in [9.17, 15) is 316 Å². The molecule has 0 aromatic rings. The second-order valence-electron chi connectivity index (χ2n) is 23.0. The van der Waals surface area contributed by atoms with Gasteiger partial charge < -0.3 is 379 Å². The van der Waals surface area contributed by atoms with Gasteiger partial charge in [0.05, 0.1) is 55.2 Å². The normalized spacial score (nSPS) is 14.2. The minimum Gasteiger partial charge on any atom is -0.809 e. The molecule has 0 fully saturated rings. The first-order valence-electron chi connectivity index (χ1n) is 25.6. The van der Waals surface area contributed by atoms with Gasteiger partial charge in [0, 0.05) is 0 Å². The van der Waals surface area contributed by atoms with Gasteiger partial charge in [-0.3, -0.25) is 0 Å². The van der Waals surface area contributed by atoms with E-state index in [4.69, 9.17) is 0 Å². The number of nitrogens with two attached hydrogens (primary N) is 11. The number of rotatable bonds is 22. The first-order valence-corrected chi connectivity index (χ1v) is 59.6. The van der Waals surface area contributed by atoms with Gasteiger partial charge in [-0.15, -0.1) is 0 Å². The van der Waals surface area contributed by atoms with Crippen LogP contribution in [0.3, 0.4) is 0 Å². The standard InChI is InChI=1S/11C2H9NO6P2.4Sn.4Tc/c11*1-2(3,10(4,5)6)11(7,8)9;;;;;;;;/h11*3H2,1H3,(H2,4,5,6)(H2,7,8,9);;;;;;;;/q;;;;;;;;;;;4*+4;4*+7/p-44. The van der Waals surface area contributed by atoms with Crippen LogP contribution < -0.4 is 278 Å². The Bertz CT molecular complexity index is 3360. The summed E-state index contributed by atoms with van der Waals surface area (Å²) in [6, 6.07) is 0. The molecule has 0 aliphatic rings. The summed E-state index contributed by atoms with van der Waals surface area (Å²) in [5.41, 5.74) is 49.4. The predicted octanol–water partition coefficient (Wildman–Crippen LogP) is -40.6. The van der Waals surface area contributed by atoms with E-state index in [2.05, 4.69) is 63.1 Å². The van der Waals surface area contributed by atoms with Crippen molar-refractivity contribution in [3.8, 4) is 0 Å². The van der Waals surface area contributed by atoms with Gasteiger partial charge in [0.1, 0.15) is 0 Å². The third kappa shape index (κ3) is 58.0. The van der Waals surface area contributed by atoms with Crippen LogP contribution in [-0.2, 0) is 181 Å². The summed E-state index contributed by atoms with van der Waals surface area (Å²) in [7, 11) is -123. The van der Waals surface area contributed by atoms with Gasteiger partial charge in [0.2, 0.25) is 0 Å². The zero-order valence-electron chi connectivity index (χ0n) is 63.1. The Kier molecular flexibility index (Phi) is 83.3. The van der Waals surface area contributed by atoms with E-state index < -0.39 is 222 Å². The van der Waals surface area contributed by atoms with E-state index in [-0.39, 0.29) is 176 Å². The minimum absolute atomic E-state index is 0. The third-order valence-electron chi connectivity index (χ3n) is 12.2. The second kappa shape index (κ2) is 58.9. The second-order valence-corrected chi connectivity index (χ2v) is 69.2. The first-order chi connectivity index (χ1) is 49.5. The summed E-state index contributed by atoms with van der Waals surface area (Å²) in [5, 5.41) is -35.6. The van der Waals surface area contributed by atoms with Crippen molar-refractivity contribution in [2.75, 3.05) is 0 Å². The Balaban J connectivity index is -0.0000000603. The van der Waals surface area contributed by atoms with Gasteiger partial charge in [-0.1, -0.05) is 0 Å². The zero-order chi connectivity index (χ0) is 104. The molecule has 0 radical (unpaired) electrons. The summed E-state index contributed by atoms with van der Waals surface area (Å²) in [6.45, 7) is 3.91. The van der Waals surface area contributed by atoms with Gasteiger partial charge >= 0.3 is 176 Å². The molecule has 129 heavy (non-hydrogen) atoms. The molecule has 0 spiro atoms. The SMILES string of the molecule is CC(N)(P(=O)([O-])[O-])P(=O)([O-])[O-].CC(N)(P(=O)([O-])[O-])P(=O)([O-])[O-].CC(N)(P(=O)([O-])[O-])P(=O)([O-])[O-].CC(N)(P(=O)([O-])[O-])P(=O)([O-])[O-].CC(N)(P(=O)([O-])[O-])P(=O)([O-])[O-].CC(N)(P(=O)([O-])[O-])P(=O)([O-])[O-].CC(N)(P(=O)([O-])[O-])P(=O)([O-])[O-].CC(N)(P(=O)([O-])[O-])P(=O)([O-])[O-].CC(N)(P(=O)([O-])[O-])P(=O)([O-])[O-].CC(N)(P(=O)([O-])[O-])P(=O)([O-])[O-].CC(N)(P(=O)([O-])[O-])P(=O)([O-])[O-].[Sn+4].[Sn+4].[Sn+4].[Sn+4].[Tc+7].[Tc+7].[Tc+7].[Tc+7]. The molecule has 0 unspecified atom stereocenters. The van der Waals surface area contributed by atoms with E-state index in [1.165, 1.54) is 0 Å². The molecular formula is C22H55N11O66P22Sn4Tc4. The molecule has 22 N–H and O–H groups in total. The molecular weight excluding hydrogens is 3020 g/mol. The monoisotopic (exact) mass is 3080 g/mol. The zero-order valence-corrected chi connectivity index (χ0v) is 102. The average Bonchev–Trinajstić information content (AvgIpc) is 0.885. The van der Waals surface area contributed by atoms with E-state index in [1.54, 1.807) is 0 Å². The van der Waals surface area contributed by atoms with E-state index >= 15 is 0 Å². The topological polar surface area (TPSA) is 1680 Å². The minimum atomic E-state index is -5.60. The fraction of sp³-hybridized carbons (Fsp3) is 1.00. The quantitative estimate of drug-likeness (QED) is 0.0354. The summed E-state index contributed by atoms with van der Waals surface area (Å²) >= 11 is 0. The van der Waals surface area contributed by atoms with Crippen LogP contribution in [0.15, 0.2) is 0 Å². The van der Waals surface area contributed by atoms with Gasteiger partial charge in [-0.05, 0) is 243 Å². The fourth-order valence-electron chi connectivity index (χ4n) is 1.65. The Labute approximate surface area is 845 Å². The van der Waals surface area contributed by atoms with Crippen LogP contribution in [0, 0.1) is 0 Å². The van der Waals surface area contributed by atoms with Crippen LogP contribution in [0.25, 0.3) is 0 Å². The molecule has 0 aliphatic heterocycles. The Morgan fingerprint density at radius 1 is 0.109 bits per heavy atom. The molecule has 0 rings (SSSR count). The van der Waals surface area contributed by atoms with Crippen molar-refractivity contribution in [3.63, 3.8) is 0 Å². The fourth-order valence-corrected chi connectivity index (χ4v) is 14.9. The molecule has 0 aliphatic carbocycles.